The Labute approximate surface area is 131 Å². The average Bonchev–Trinajstić information content (AvgIpc) is 3.31. The van der Waals surface area contributed by atoms with Crippen LogP contribution in [-0.4, -0.2) is 22.8 Å². The molecule has 0 saturated heterocycles. The first-order chi connectivity index (χ1) is 10.5. The SMILES string of the molecule is COc1ccc(-n2c(C3CC3)ccc(C(=O)O)c2=O)c(Cl)c1. The van der Waals surface area contributed by atoms with E-state index < -0.39 is 11.5 Å². The van der Waals surface area contributed by atoms with Crippen LogP contribution in [0, 0.1) is 0 Å². The van der Waals surface area contributed by atoms with Crippen molar-refractivity contribution in [3.8, 4) is 11.4 Å². The summed E-state index contributed by atoms with van der Waals surface area (Å²) in [6.45, 7) is 0. The van der Waals surface area contributed by atoms with Crippen LogP contribution in [0.25, 0.3) is 5.69 Å². The third kappa shape index (κ3) is 2.48. The molecule has 1 aliphatic carbocycles. The van der Waals surface area contributed by atoms with Crippen molar-refractivity contribution in [1.82, 2.24) is 4.57 Å². The summed E-state index contributed by atoms with van der Waals surface area (Å²) < 4.78 is 6.51. The largest absolute Gasteiger partial charge is 0.497 e. The molecule has 0 bridgehead atoms. The quantitative estimate of drug-likeness (QED) is 0.940. The normalized spacial score (nSPS) is 13.9. The molecule has 22 heavy (non-hydrogen) atoms. The highest BCUT2D eigenvalue weighted by molar-refractivity contribution is 6.32. The molecule has 1 N–H and O–H groups in total. The first kappa shape index (κ1) is 14.7. The fourth-order valence-corrected chi connectivity index (χ4v) is 2.71. The predicted molar refractivity (Wildman–Crippen MR) is 82.5 cm³/mol. The Morgan fingerprint density at radius 1 is 1.32 bits per heavy atom. The van der Waals surface area contributed by atoms with E-state index in [2.05, 4.69) is 0 Å². The fraction of sp³-hybridized carbons (Fsp3) is 0.250. The van der Waals surface area contributed by atoms with Gasteiger partial charge >= 0.3 is 5.97 Å². The molecule has 0 aliphatic heterocycles. The second-order valence-corrected chi connectivity index (χ2v) is 5.62. The lowest BCUT2D eigenvalue weighted by molar-refractivity contribution is 0.0694. The van der Waals surface area contributed by atoms with Crippen molar-refractivity contribution in [1.29, 1.82) is 0 Å². The Balaban J connectivity index is 2.26. The van der Waals surface area contributed by atoms with Gasteiger partial charge in [-0.25, -0.2) is 4.79 Å². The zero-order valence-corrected chi connectivity index (χ0v) is 12.6. The van der Waals surface area contributed by atoms with Crippen LogP contribution < -0.4 is 10.3 Å². The first-order valence-electron chi connectivity index (χ1n) is 6.86. The highest BCUT2D eigenvalue weighted by Crippen LogP contribution is 2.41. The number of carboxylic acid groups (broad SMARTS) is 1. The molecule has 5 nitrogen and oxygen atoms in total. The molecule has 0 radical (unpaired) electrons. The van der Waals surface area contributed by atoms with Gasteiger partial charge in [0.15, 0.2) is 0 Å². The number of methoxy groups -OCH3 is 1. The van der Waals surface area contributed by atoms with Gasteiger partial charge < -0.3 is 9.84 Å². The zero-order valence-electron chi connectivity index (χ0n) is 11.9. The van der Waals surface area contributed by atoms with Gasteiger partial charge in [0.05, 0.1) is 17.8 Å². The third-order valence-corrected chi connectivity index (χ3v) is 4.04. The van der Waals surface area contributed by atoms with Crippen molar-refractivity contribution in [3.63, 3.8) is 0 Å². The highest BCUT2D eigenvalue weighted by atomic mass is 35.5. The Hall–Kier alpha value is -2.27. The minimum atomic E-state index is -1.24. The van der Waals surface area contributed by atoms with E-state index in [0.29, 0.717) is 16.5 Å². The zero-order chi connectivity index (χ0) is 15.9. The van der Waals surface area contributed by atoms with E-state index >= 15 is 0 Å². The van der Waals surface area contributed by atoms with E-state index in [1.807, 2.05) is 0 Å². The van der Waals surface area contributed by atoms with E-state index in [-0.39, 0.29) is 11.5 Å². The van der Waals surface area contributed by atoms with Gasteiger partial charge in [0.25, 0.3) is 5.56 Å². The number of benzene rings is 1. The second kappa shape index (κ2) is 5.50. The van der Waals surface area contributed by atoms with Gasteiger partial charge in [-0.1, -0.05) is 11.6 Å². The standard InChI is InChI=1S/C16H14ClNO4/c1-22-10-4-6-14(12(17)8-10)18-13(9-2-3-9)7-5-11(15(18)19)16(20)21/h4-9H,2-3H2,1H3,(H,20,21). The molecule has 1 fully saturated rings. The van der Waals surface area contributed by atoms with Crippen molar-refractivity contribution in [2.24, 2.45) is 0 Å². The van der Waals surface area contributed by atoms with E-state index in [0.717, 1.165) is 18.5 Å². The molecule has 1 aromatic heterocycles. The van der Waals surface area contributed by atoms with Crippen LogP contribution in [0.15, 0.2) is 35.1 Å². The van der Waals surface area contributed by atoms with Crippen molar-refractivity contribution in [3.05, 3.63) is 57.0 Å². The number of carboxylic acids is 1. The number of hydrogen-bond donors (Lipinski definition) is 1. The Morgan fingerprint density at radius 3 is 2.59 bits per heavy atom. The number of carbonyl (C=O) groups is 1. The fourth-order valence-electron chi connectivity index (χ4n) is 2.46. The summed E-state index contributed by atoms with van der Waals surface area (Å²) in [5.41, 5.74) is 0.430. The number of rotatable bonds is 4. The minimum absolute atomic E-state index is 0.267. The van der Waals surface area contributed by atoms with Gasteiger partial charge in [-0.2, -0.15) is 0 Å². The highest BCUT2D eigenvalue weighted by Gasteiger charge is 2.29. The lowest BCUT2D eigenvalue weighted by Crippen LogP contribution is -2.27. The Morgan fingerprint density at radius 2 is 2.05 bits per heavy atom. The molecule has 114 valence electrons. The monoisotopic (exact) mass is 319 g/mol. The van der Waals surface area contributed by atoms with Crippen molar-refractivity contribution in [2.45, 2.75) is 18.8 Å². The Bertz CT molecular complexity index is 808. The van der Waals surface area contributed by atoms with E-state index in [4.69, 9.17) is 21.4 Å². The molecule has 6 heteroatoms. The van der Waals surface area contributed by atoms with Crippen LogP contribution in [0.3, 0.4) is 0 Å². The van der Waals surface area contributed by atoms with Crippen LogP contribution in [0.2, 0.25) is 5.02 Å². The van der Waals surface area contributed by atoms with E-state index in [9.17, 15) is 9.59 Å². The molecule has 1 aliphatic rings. The van der Waals surface area contributed by atoms with E-state index in [1.54, 1.807) is 24.3 Å². The summed E-state index contributed by atoms with van der Waals surface area (Å²) in [6, 6.07) is 8.03. The lowest BCUT2D eigenvalue weighted by Gasteiger charge is -2.15. The predicted octanol–water partition coefficient (Wildman–Crippen LogP) is 3.08. The summed E-state index contributed by atoms with van der Waals surface area (Å²) in [5, 5.41) is 9.51. The van der Waals surface area contributed by atoms with Crippen LogP contribution in [-0.2, 0) is 0 Å². The number of aromatic nitrogens is 1. The molecule has 1 aromatic carbocycles. The van der Waals surface area contributed by atoms with Gasteiger partial charge in [-0.15, -0.1) is 0 Å². The van der Waals surface area contributed by atoms with Crippen molar-refractivity contribution >= 4 is 17.6 Å². The molecule has 0 atom stereocenters. The topological polar surface area (TPSA) is 68.5 Å². The smallest absolute Gasteiger partial charge is 0.341 e. The lowest BCUT2D eigenvalue weighted by atomic mass is 10.1. The molecular weight excluding hydrogens is 306 g/mol. The van der Waals surface area contributed by atoms with Gasteiger partial charge in [0, 0.05) is 11.8 Å². The number of pyridine rings is 1. The summed E-state index contributed by atoms with van der Waals surface area (Å²) in [6.07, 6.45) is 1.97. The van der Waals surface area contributed by atoms with Crippen molar-refractivity contribution in [2.75, 3.05) is 7.11 Å². The molecule has 2 aromatic rings. The van der Waals surface area contributed by atoms with Crippen molar-refractivity contribution < 1.29 is 14.6 Å². The second-order valence-electron chi connectivity index (χ2n) is 5.21. The molecule has 0 amide bonds. The molecule has 1 heterocycles. The van der Waals surface area contributed by atoms with Gasteiger partial charge in [-0.3, -0.25) is 9.36 Å². The maximum atomic E-state index is 12.6. The number of aromatic carboxylic acids is 1. The maximum Gasteiger partial charge on any atom is 0.341 e. The summed E-state index contributed by atoms with van der Waals surface area (Å²) in [5.74, 6) is -0.399. The molecule has 1 saturated carbocycles. The first-order valence-corrected chi connectivity index (χ1v) is 7.24. The molecule has 0 unspecified atom stereocenters. The van der Waals surface area contributed by atoms with Crippen LogP contribution in [0.5, 0.6) is 5.75 Å². The number of nitrogens with zero attached hydrogens (tertiary/aromatic N) is 1. The maximum absolute atomic E-state index is 12.6. The molecule has 0 spiro atoms. The van der Waals surface area contributed by atoms with Gasteiger partial charge in [0.2, 0.25) is 0 Å². The summed E-state index contributed by atoms with van der Waals surface area (Å²) in [4.78, 5) is 23.8. The van der Waals surface area contributed by atoms with Gasteiger partial charge in [-0.05, 0) is 43.0 Å². The number of hydrogen-bond acceptors (Lipinski definition) is 3. The minimum Gasteiger partial charge on any atom is -0.497 e. The average molecular weight is 320 g/mol. The number of ether oxygens (including phenoxy) is 1. The molecular formula is C16H14ClNO4. The van der Waals surface area contributed by atoms with Crippen LogP contribution in [0.1, 0.15) is 34.8 Å². The third-order valence-electron chi connectivity index (χ3n) is 3.73. The number of halogens is 1. The van der Waals surface area contributed by atoms with Crippen LogP contribution in [0.4, 0.5) is 0 Å². The van der Waals surface area contributed by atoms with Gasteiger partial charge in [0.1, 0.15) is 11.3 Å². The van der Waals surface area contributed by atoms with Crippen LogP contribution >= 0.6 is 11.6 Å². The Kier molecular flexibility index (Phi) is 3.66. The summed E-state index contributed by atoms with van der Waals surface area (Å²) >= 11 is 6.26. The van der Waals surface area contributed by atoms with E-state index in [1.165, 1.54) is 17.7 Å². The summed E-state index contributed by atoms with van der Waals surface area (Å²) in [7, 11) is 1.53. The molecule has 3 rings (SSSR count).